The predicted octanol–water partition coefficient (Wildman–Crippen LogP) is 2.45. The van der Waals surface area contributed by atoms with E-state index < -0.39 is 0 Å². The number of nitrogens with zero attached hydrogens (tertiary/aromatic N) is 2. The van der Waals surface area contributed by atoms with Crippen LogP contribution < -0.4 is 5.32 Å². The second kappa shape index (κ2) is 11.1. The first kappa shape index (κ1) is 19.6. The highest BCUT2D eigenvalue weighted by Gasteiger charge is 2.16. The number of nitrogens with one attached hydrogen (secondary N) is 1. The molecule has 0 saturated carbocycles. The molecule has 1 aromatic heterocycles. The van der Waals surface area contributed by atoms with Crippen molar-refractivity contribution in [3.05, 3.63) is 16.1 Å². The van der Waals surface area contributed by atoms with Crippen molar-refractivity contribution in [1.29, 1.82) is 0 Å². The van der Waals surface area contributed by atoms with Gasteiger partial charge in [-0.25, -0.2) is 4.98 Å². The zero-order valence-electron chi connectivity index (χ0n) is 14.3. The molecule has 0 spiro atoms. The third kappa shape index (κ3) is 7.09. The SMILES string of the molecule is CCCCNC(=O)c1csc(CN(CCCC)C(=O)COC)n1. The molecule has 0 saturated heterocycles. The summed E-state index contributed by atoms with van der Waals surface area (Å²) < 4.78 is 4.93. The molecule has 0 atom stereocenters. The van der Waals surface area contributed by atoms with Crippen LogP contribution in [-0.4, -0.2) is 48.5 Å². The fourth-order valence-electron chi connectivity index (χ4n) is 1.98. The van der Waals surface area contributed by atoms with Crippen molar-refractivity contribution >= 4 is 23.2 Å². The molecule has 1 heterocycles. The summed E-state index contributed by atoms with van der Waals surface area (Å²) in [6.45, 7) is 6.00. The number of hydrogen-bond donors (Lipinski definition) is 1. The molecule has 6 nitrogen and oxygen atoms in total. The molecule has 0 unspecified atom stereocenters. The van der Waals surface area contributed by atoms with Crippen LogP contribution in [0.5, 0.6) is 0 Å². The lowest BCUT2D eigenvalue weighted by molar-refractivity contribution is -0.135. The lowest BCUT2D eigenvalue weighted by Gasteiger charge is -2.21. The van der Waals surface area contributed by atoms with E-state index in [0.717, 1.165) is 30.7 Å². The monoisotopic (exact) mass is 341 g/mol. The Morgan fingerprint density at radius 1 is 1.30 bits per heavy atom. The van der Waals surface area contributed by atoms with Gasteiger partial charge in [0.2, 0.25) is 5.91 Å². The lowest BCUT2D eigenvalue weighted by Crippen LogP contribution is -2.34. The number of ether oxygens (including phenoxy) is 1. The minimum absolute atomic E-state index is 0.0508. The maximum Gasteiger partial charge on any atom is 0.270 e. The van der Waals surface area contributed by atoms with Crippen LogP contribution in [0.4, 0.5) is 0 Å². The molecule has 7 heteroatoms. The standard InChI is InChI=1S/C16H27N3O3S/c1-4-6-8-17-16(21)13-12-23-14(18-13)10-19(9-7-5-2)15(20)11-22-3/h12H,4-11H2,1-3H3,(H,17,21). The van der Waals surface area contributed by atoms with Crippen LogP contribution >= 0.6 is 11.3 Å². The normalized spacial score (nSPS) is 10.6. The van der Waals surface area contributed by atoms with E-state index in [1.165, 1.54) is 18.4 Å². The third-order valence-corrected chi connectivity index (χ3v) is 4.16. The van der Waals surface area contributed by atoms with Crippen LogP contribution in [0.15, 0.2) is 5.38 Å². The van der Waals surface area contributed by atoms with Gasteiger partial charge in [0, 0.05) is 25.6 Å². The molecule has 130 valence electrons. The second-order valence-electron chi connectivity index (χ2n) is 5.34. The number of carbonyl (C=O) groups is 2. The van der Waals surface area contributed by atoms with Crippen molar-refractivity contribution < 1.29 is 14.3 Å². The summed E-state index contributed by atoms with van der Waals surface area (Å²) in [5, 5.41) is 5.36. The van der Waals surface area contributed by atoms with Crippen molar-refractivity contribution in [2.24, 2.45) is 0 Å². The summed E-state index contributed by atoms with van der Waals surface area (Å²) in [5.41, 5.74) is 0.427. The summed E-state index contributed by atoms with van der Waals surface area (Å²) in [5.74, 6) is -0.200. The van der Waals surface area contributed by atoms with Crippen molar-refractivity contribution in [3.63, 3.8) is 0 Å². The fraction of sp³-hybridized carbons (Fsp3) is 0.688. The summed E-state index contributed by atoms with van der Waals surface area (Å²) >= 11 is 1.41. The largest absolute Gasteiger partial charge is 0.375 e. The number of methoxy groups -OCH3 is 1. The zero-order valence-corrected chi connectivity index (χ0v) is 15.1. The zero-order chi connectivity index (χ0) is 17.1. The number of carbonyl (C=O) groups excluding carboxylic acids is 2. The number of unbranched alkanes of at least 4 members (excludes halogenated alkanes) is 2. The quantitative estimate of drug-likeness (QED) is 0.628. The first-order valence-electron chi connectivity index (χ1n) is 8.11. The minimum atomic E-state index is -0.149. The Bertz CT molecular complexity index is 491. The summed E-state index contributed by atoms with van der Waals surface area (Å²) in [6, 6.07) is 0. The minimum Gasteiger partial charge on any atom is -0.375 e. The Labute approximate surface area is 142 Å². The van der Waals surface area contributed by atoms with Gasteiger partial charge in [0.25, 0.3) is 5.91 Å². The summed E-state index contributed by atoms with van der Waals surface area (Å²) in [4.78, 5) is 30.1. The Morgan fingerprint density at radius 2 is 2.04 bits per heavy atom. The van der Waals surface area contributed by atoms with E-state index in [1.54, 1.807) is 10.3 Å². The average Bonchev–Trinajstić information content (AvgIpc) is 3.00. The van der Waals surface area contributed by atoms with E-state index in [0.29, 0.717) is 25.3 Å². The molecule has 0 aromatic carbocycles. The Morgan fingerprint density at radius 3 is 2.70 bits per heavy atom. The molecule has 0 bridgehead atoms. The van der Waals surface area contributed by atoms with Gasteiger partial charge in [-0.3, -0.25) is 9.59 Å². The number of rotatable bonds is 11. The van der Waals surface area contributed by atoms with E-state index in [9.17, 15) is 9.59 Å². The van der Waals surface area contributed by atoms with Crippen LogP contribution in [0.25, 0.3) is 0 Å². The molecular weight excluding hydrogens is 314 g/mol. The van der Waals surface area contributed by atoms with Crippen molar-refractivity contribution in [2.75, 3.05) is 26.8 Å². The summed E-state index contributed by atoms with van der Waals surface area (Å²) in [6.07, 6.45) is 3.94. The van der Waals surface area contributed by atoms with E-state index in [1.807, 2.05) is 0 Å². The molecule has 23 heavy (non-hydrogen) atoms. The van der Waals surface area contributed by atoms with Crippen LogP contribution in [-0.2, 0) is 16.1 Å². The van der Waals surface area contributed by atoms with E-state index in [-0.39, 0.29) is 18.4 Å². The van der Waals surface area contributed by atoms with Crippen LogP contribution in [0.3, 0.4) is 0 Å². The third-order valence-electron chi connectivity index (χ3n) is 3.33. The number of hydrogen-bond acceptors (Lipinski definition) is 5. The first-order chi connectivity index (χ1) is 11.1. The Balaban J connectivity index is 2.62. The van der Waals surface area contributed by atoms with Gasteiger partial charge in [-0.15, -0.1) is 11.3 Å². The van der Waals surface area contributed by atoms with Gasteiger partial charge in [-0.2, -0.15) is 0 Å². The summed E-state index contributed by atoms with van der Waals surface area (Å²) in [7, 11) is 1.51. The van der Waals surface area contributed by atoms with Crippen LogP contribution in [0, 0.1) is 0 Å². The molecule has 1 aromatic rings. The first-order valence-corrected chi connectivity index (χ1v) is 8.99. The van der Waals surface area contributed by atoms with Crippen molar-refractivity contribution in [3.8, 4) is 0 Å². The van der Waals surface area contributed by atoms with Gasteiger partial charge in [0.05, 0.1) is 6.54 Å². The van der Waals surface area contributed by atoms with Gasteiger partial charge in [-0.05, 0) is 12.8 Å². The number of thiazole rings is 1. The molecule has 0 aliphatic carbocycles. The Hall–Kier alpha value is -1.47. The van der Waals surface area contributed by atoms with Gasteiger partial charge in [0.15, 0.2) is 0 Å². The van der Waals surface area contributed by atoms with E-state index in [4.69, 9.17) is 4.74 Å². The smallest absolute Gasteiger partial charge is 0.270 e. The number of amides is 2. The van der Waals surface area contributed by atoms with Gasteiger partial charge < -0.3 is 15.0 Å². The number of aromatic nitrogens is 1. The molecular formula is C16H27N3O3S. The lowest BCUT2D eigenvalue weighted by atomic mass is 10.3. The van der Waals surface area contributed by atoms with E-state index >= 15 is 0 Å². The van der Waals surface area contributed by atoms with Gasteiger partial charge in [-0.1, -0.05) is 26.7 Å². The van der Waals surface area contributed by atoms with Gasteiger partial charge >= 0.3 is 0 Å². The maximum absolute atomic E-state index is 12.1. The predicted molar refractivity (Wildman–Crippen MR) is 91.6 cm³/mol. The van der Waals surface area contributed by atoms with Gasteiger partial charge in [0.1, 0.15) is 17.3 Å². The highest BCUT2D eigenvalue weighted by molar-refractivity contribution is 7.09. The molecule has 1 N–H and O–H groups in total. The molecule has 2 amide bonds. The maximum atomic E-state index is 12.1. The van der Waals surface area contributed by atoms with Crippen molar-refractivity contribution in [2.45, 2.75) is 46.1 Å². The van der Waals surface area contributed by atoms with Crippen LogP contribution in [0.2, 0.25) is 0 Å². The molecule has 0 fully saturated rings. The molecule has 0 aliphatic heterocycles. The Kier molecular flexibility index (Phi) is 9.47. The van der Waals surface area contributed by atoms with E-state index in [2.05, 4.69) is 24.1 Å². The molecule has 0 aliphatic rings. The topological polar surface area (TPSA) is 71.5 Å². The molecule has 0 radical (unpaired) electrons. The van der Waals surface area contributed by atoms with Crippen molar-refractivity contribution in [1.82, 2.24) is 15.2 Å². The second-order valence-corrected chi connectivity index (χ2v) is 6.28. The highest BCUT2D eigenvalue weighted by atomic mass is 32.1. The fourth-order valence-corrected chi connectivity index (χ4v) is 2.76. The molecule has 1 rings (SSSR count). The van der Waals surface area contributed by atoms with Crippen LogP contribution in [0.1, 0.15) is 55.0 Å². The average molecular weight is 341 g/mol. The highest BCUT2D eigenvalue weighted by Crippen LogP contribution is 2.13.